The molecule has 0 radical (unpaired) electrons. The van der Waals surface area contributed by atoms with Crippen LogP contribution in [0, 0.1) is 11.8 Å². The fourth-order valence-corrected chi connectivity index (χ4v) is 8.31. The number of unbranched alkanes of at least 4 members (excludes halogenated alkanes) is 1. The number of ketones is 3. The highest BCUT2D eigenvalue weighted by atomic mass is 16.5. The molecule has 12 nitrogen and oxygen atoms in total. The first-order valence-corrected chi connectivity index (χ1v) is 22.9. The Kier molecular flexibility index (Phi) is 18.8. The van der Waals surface area contributed by atoms with E-state index in [0.717, 1.165) is 36.0 Å². The van der Waals surface area contributed by atoms with Gasteiger partial charge in [-0.25, -0.2) is 0 Å². The summed E-state index contributed by atoms with van der Waals surface area (Å²) in [5, 5.41) is 2.92. The number of nitrogens with zero attached hydrogens (tertiary/aromatic N) is 1. The number of carbonyl (C=O) groups is 5. The van der Waals surface area contributed by atoms with Gasteiger partial charge in [0, 0.05) is 67.9 Å². The number of allylic oxidation sites excluding steroid dienone is 1. The fourth-order valence-electron chi connectivity index (χ4n) is 8.31. The molecule has 2 amide bonds. The van der Waals surface area contributed by atoms with Gasteiger partial charge < -0.3 is 36.9 Å². The standard InChI is InChI=1S/C53H67N5O7/c1-6-7-9-36-11-14-38(15-12-36)39-16-18-40(19-17-39)46(59)33-42(10-8-23-54)53(63)58(5)51-41-20-22-50(65-27-25-56)44(32-41)43-30-37(13-21-49(43)64-26-24-55)31-45(47(60)28-34(2)3)57-52(62)35(4)29-48(51)61/h11-22,30,32,35,42,45,51H,2,6-10,23-29,31,33,54-56H2,1,3-5H3,(H,57,62)/t35-,42-,45+,51+/m1/s1. The normalized spacial score (nSPS) is 16.8. The SMILES string of the molecule is C=C(C)CC(=O)[C@@H]1Cc2ccc(OCCN)c(c2)-c2cc(ccc2OCCN)[C@H](N(C)C(=O)[C@H](CCCN)CC(=O)c2ccc(-c3ccc(CCCC)cc3)cc2)C(=O)C[C@@H](C)C(=O)N1. The number of fused-ring (bicyclic) bond motifs is 5. The molecule has 346 valence electrons. The minimum atomic E-state index is -1.18. The second-order valence-electron chi connectivity index (χ2n) is 17.3. The summed E-state index contributed by atoms with van der Waals surface area (Å²) in [5.41, 5.74) is 24.5. The van der Waals surface area contributed by atoms with Crippen LogP contribution in [-0.2, 0) is 32.0 Å². The molecule has 7 N–H and O–H groups in total. The third-order valence-electron chi connectivity index (χ3n) is 11.9. The number of likely N-dealkylation sites (N-methyl/N-ethyl adjacent to an activating group) is 1. The number of hydrogen-bond acceptors (Lipinski definition) is 10. The molecular weight excluding hydrogens is 819 g/mol. The van der Waals surface area contributed by atoms with Gasteiger partial charge in [-0.2, -0.15) is 0 Å². The van der Waals surface area contributed by atoms with Crippen molar-refractivity contribution in [2.24, 2.45) is 29.0 Å². The maximum Gasteiger partial charge on any atom is 0.226 e. The molecule has 4 bridgehead atoms. The van der Waals surface area contributed by atoms with Crippen LogP contribution in [0.5, 0.6) is 11.5 Å². The zero-order valence-corrected chi connectivity index (χ0v) is 38.5. The van der Waals surface area contributed by atoms with E-state index in [1.165, 1.54) is 10.5 Å². The minimum Gasteiger partial charge on any atom is -0.492 e. The van der Waals surface area contributed by atoms with E-state index in [0.29, 0.717) is 58.7 Å². The first-order valence-electron chi connectivity index (χ1n) is 22.9. The van der Waals surface area contributed by atoms with E-state index in [9.17, 15) is 24.0 Å². The van der Waals surface area contributed by atoms with Crippen LogP contribution >= 0.6 is 0 Å². The average molecular weight is 886 g/mol. The zero-order chi connectivity index (χ0) is 47.0. The molecule has 1 aliphatic heterocycles. The van der Waals surface area contributed by atoms with Gasteiger partial charge in [-0.05, 0) is 97.7 Å². The van der Waals surface area contributed by atoms with Crippen molar-refractivity contribution in [3.63, 3.8) is 0 Å². The maximum absolute atomic E-state index is 14.8. The van der Waals surface area contributed by atoms with Crippen LogP contribution in [0.4, 0.5) is 0 Å². The Morgan fingerprint density at radius 2 is 1.43 bits per heavy atom. The summed E-state index contributed by atoms with van der Waals surface area (Å²) in [6.07, 6.45) is 3.99. The first kappa shape index (κ1) is 50.1. The van der Waals surface area contributed by atoms with E-state index in [2.05, 4.69) is 43.1 Å². The van der Waals surface area contributed by atoms with E-state index in [4.69, 9.17) is 26.7 Å². The zero-order valence-electron chi connectivity index (χ0n) is 38.5. The molecule has 65 heavy (non-hydrogen) atoms. The molecule has 0 unspecified atom stereocenters. The summed E-state index contributed by atoms with van der Waals surface area (Å²) in [7, 11) is 1.56. The molecule has 1 heterocycles. The molecule has 0 aromatic heterocycles. The van der Waals surface area contributed by atoms with Crippen molar-refractivity contribution >= 4 is 29.2 Å². The number of ether oxygens (including phenoxy) is 2. The molecule has 0 saturated heterocycles. The van der Waals surface area contributed by atoms with Gasteiger partial charge in [0.2, 0.25) is 11.8 Å². The quantitative estimate of drug-likeness (QED) is 0.0486. The highest BCUT2D eigenvalue weighted by Crippen LogP contribution is 2.41. The number of Topliss-reactive ketones (excluding diaryl/α,β-unsaturated/α-hetero) is 3. The van der Waals surface area contributed by atoms with Crippen molar-refractivity contribution in [1.82, 2.24) is 10.2 Å². The molecule has 0 fully saturated rings. The lowest BCUT2D eigenvalue weighted by Crippen LogP contribution is -2.46. The summed E-state index contributed by atoms with van der Waals surface area (Å²) >= 11 is 0. The van der Waals surface area contributed by atoms with Gasteiger partial charge in [-0.1, -0.05) is 93.1 Å². The predicted molar refractivity (Wildman–Crippen MR) is 257 cm³/mol. The maximum atomic E-state index is 14.8. The lowest BCUT2D eigenvalue weighted by molar-refractivity contribution is -0.142. The number of amides is 2. The molecule has 5 rings (SSSR count). The summed E-state index contributed by atoms with van der Waals surface area (Å²) in [4.78, 5) is 72.4. The molecule has 4 atom stereocenters. The fraction of sp³-hybridized carbons (Fsp3) is 0.415. The third kappa shape index (κ3) is 13.5. The van der Waals surface area contributed by atoms with Crippen LogP contribution in [0.2, 0.25) is 0 Å². The van der Waals surface area contributed by atoms with Gasteiger partial charge in [-0.3, -0.25) is 24.0 Å². The monoisotopic (exact) mass is 886 g/mol. The van der Waals surface area contributed by atoms with Gasteiger partial charge in [0.1, 0.15) is 30.8 Å². The van der Waals surface area contributed by atoms with Crippen molar-refractivity contribution in [3.05, 3.63) is 119 Å². The average Bonchev–Trinajstić information content (AvgIpc) is 3.30. The molecule has 4 aromatic rings. The van der Waals surface area contributed by atoms with Crippen LogP contribution in [-0.4, -0.2) is 80.0 Å². The second kappa shape index (κ2) is 24.4. The van der Waals surface area contributed by atoms with Gasteiger partial charge in [-0.15, -0.1) is 0 Å². The largest absolute Gasteiger partial charge is 0.492 e. The summed E-state index contributed by atoms with van der Waals surface area (Å²) in [5.74, 6) is -2.44. The second-order valence-corrected chi connectivity index (χ2v) is 17.3. The van der Waals surface area contributed by atoms with Crippen molar-refractivity contribution in [3.8, 4) is 33.8 Å². The molecule has 0 spiro atoms. The van der Waals surface area contributed by atoms with Gasteiger partial charge in [0.05, 0.1) is 6.04 Å². The number of carbonyl (C=O) groups excluding carboxylic acids is 5. The Labute approximate surface area is 384 Å². The van der Waals surface area contributed by atoms with E-state index in [1.807, 2.05) is 24.3 Å². The molecule has 1 aliphatic rings. The highest BCUT2D eigenvalue weighted by molar-refractivity contribution is 6.00. The van der Waals surface area contributed by atoms with Crippen LogP contribution in [0.3, 0.4) is 0 Å². The Bertz CT molecular complexity index is 2290. The third-order valence-corrected chi connectivity index (χ3v) is 11.9. The molecule has 4 aromatic carbocycles. The number of nitrogens with two attached hydrogens (primary N) is 3. The van der Waals surface area contributed by atoms with Crippen LogP contribution in [0.15, 0.2) is 97.1 Å². The molecule has 12 heteroatoms. The highest BCUT2D eigenvalue weighted by Gasteiger charge is 2.36. The number of hydrogen-bond donors (Lipinski definition) is 4. The lowest BCUT2D eigenvalue weighted by Gasteiger charge is -2.32. The van der Waals surface area contributed by atoms with E-state index in [-0.39, 0.29) is 63.6 Å². The molecular formula is C53H67N5O7. The number of benzene rings is 4. The van der Waals surface area contributed by atoms with Crippen molar-refractivity contribution < 1.29 is 33.4 Å². The van der Waals surface area contributed by atoms with Crippen molar-refractivity contribution in [2.75, 3.05) is 39.9 Å². The van der Waals surface area contributed by atoms with Gasteiger partial charge in [0.15, 0.2) is 17.3 Å². The van der Waals surface area contributed by atoms with Gasteiger partial charge >= 0.3 is 0 Å². The smallest absolute Gasteiger partial charge is 0.226 e. The summed E-state index contributed by atoms with van der Waals surface area (Å²) in [6.45, 7) is 10.7. The topological polar surface area (TPSA) is 197 Å². The van der Waals surface area contributed by atoms with Gasteiger partial charge in [0.25, 0.3) is 0 Å². The Balaban J connectivity index is 1.54. The van der Waals surface area contributed by atoms with Crippen LogP contribution in [0.1, 0.15) is 98.8 Å². The first-order chi connectivity index (χ1) is 31.3. The van der Waals surface area contributed by atoms with E-state index >= 15 is 0 Å². The number of aryl methyl sites for hydroxylation is 1. The van der Waals surface area contributed by atoms with Crippen LogP contribution < -0.4 is 32.0 Å². The number of rotatable bonds is 21. The van der Waals surface area contributed by atoms with E-state index in [1.54, 1.807) is 57.3 Å². The Morgan fingerprint density at radius 3 is 2.03 bits per heavy atom. The number of nitrogens with one attached hydrogen (secondary N) is 1. The Hall–Kier alpha value is -5.95. The molecule has 0 saturated carbocycles. The van der Waals surface area contributed by atoms with Crippen molar-refractivity contribution in [2.45, 2.75) is 90.6 Å². The predicted octanol–water partition coefficient (Wildman–Crippen LogP) is 7.34. The Morgan fingerprint density at radius 1 is 0.815 bits per heavy atom. The molecule has 0 aliphatic carbocycles. The summed E-state index contributed by atoms with van der Waals surface area (Å²) in [6, 6.07) is 24.6. The lowest BCUT2D eigenvalue weighted by atomic mass is 9.87. The van der Waals surface area contributed by atoms with E-state index < -0.39 is 41.5 Å². The summed E-state index contributed by atoms with van der Waals surface area (Å²) < 4.78 is 12.3. The van der Waals surface area contributed by atoms with Crippen molar-refractivity contribution in [1.29, 1.82) is 0 Å². The van der Waals surface area contributed by atoms with Crippen LogP contribution in [0.25, 0.3) is 22.3 Å². The minimum absolute atomic E-state index is 0.0592.